The normalized spacial score (nSPS) is 11.0. The van der Waals surface area contributed by atoms with E-state index >= 15 is 0 Å². The van der Waals surface area contributed by atoms with Crippen molar-refractivity contribution in [3.63, 3.8) is 0 Å². The van der Waals surface area contributed by atoms with Gasteiger partial charge in [0, 0.05) is 22.8 Å². The highest BCUT2D eigenvalue weighted by Gasteiger charge is 2.15. The van der Waals surface area contributed by atoms with E-state index in [0.29, 0.717) is 11.1 Å². The molecule has 1 amide bonds. The number of aryl methyl sites for hydroxylation is 2. The van der Waals surface area contributed by atoms with Gasteiger partial charge in [-0.2, -0.15) is 0 Å². The summed E-state index contributed by atoms with van der Waals surface area (Å²) in [4.78, 5) is 15.5. The number of nitrogens with zero attached hydrogens (tertiary/aromatic N) is 2. The number of H-pyrrole nitrogens is 1. The molecule has 4 aromatic rings. The lowest BCUT2D eigenvalue weighted by Gasteiger charge is -2.10. The number of fused-ring (bicyclic) bond motifs is 1. The Labute approximate surface area is 160 Å². The van der Waals surface area contributed by atoms with Crippen LogP contribution < -0.4 is 5.32 Å². The molecule has 4 rings (SSSR count). The molecule has 0 radical (unpaired) electrons. The van der Waals surface area contributed by atoms with Crippen molar-refractivity contribution in [2.45, 2.75) is 19.1 Å². The largest absolute Gasteiger partial charge is 0.411 e. The molecule has 0 aliphatic carbocycles. The standard InChI is InChI=1S/C20H18N4O2S/c1-12-6-5-7-13(2)18(12)22-17(25)11-27-20-24-23-19(26-20)15-10-21-16-9-4-3-8-14(15)16/h3-10,21H,11H2,1-2H3,(H,22,25). The van der Waals surface area contributed by atoms with Crippen LogP contribution in [0.25, 0.3) is 22.4 Å². The van der Waals surface area contributed by atoms with Gasteiger partial charge in [-0.15, -0.1) is 10.2 Å². The number of anilines is 1. The van der Waals surface area contributed by atoms with Crippen LogP contribution in [-0.4, -0.2) is 26.8 Å². The minimum Gasteiger partial charge on any atom is -0.411 e. The minimum atomic E-state index is -0.107. The number of para-hydroxylation sites is 2. The molecule has 0 bridgehead atoms. The van der Waals surface area contributed by atoms with Crippen molar-refractivity contribution in [1.29, 1.82) is 0 Å². The van der Waals surface area contributed by atoms with E-state index in [1.807, 2.05) is 62.5 Å². The first-order valence-electron chi connectivity index (χ1n) is 8.50. The van der Waals surface area contributed by atoms with E-state index < -0.39 is 0 Å². The third-order valence-electron chi connectivity index (χ3n) is 4.30. The van der Waals surface area contributed by atoms with Crippen LogP contribution in [0.5, 0.6) is 0 Å². The minimum absolute atomic E-state index is 0.107. The van der Waals surface area contributed by atoms with E-state index in [1.54, 1.807) is 0 Å². The van der Waals surface area contributed by atoms with Crippen LogP contribution in [0.4, 0.5) is 5.69 Å². The first-order chi connectivity index (χ1) is 13.1. The number of thioether (sulfide) groups is 1. The van der Waals surface area contributed by atoms with Gasteiger partial charge in [-0.05, 0) is 31.0 Å². The number of carbonyl (C=O) groups is 1. The van der Waals surface area contributed by atoms with E-state index in [0.717, 1.165) is 33.3 Å². The summed E-state index contributed by atoms with van der Waals surface area (Å²) in [5.41, 5.74) is 4.78. The Morgan fingerprint density at radius 3 is 2.70 bits per heavy atom. The topological polar surface area (TPSA) is 83.8 Å². The number of amides is 1. The second kappa shape index (κ2) is 7.28. The zero-order valence-corrected chi connectivity index (χ0v) is 15.8. The van der Waals surface area contributed by atoms with Gasteiger partial charge in [-0.1, -0.05) is 48.2 Å². The van der Waals surface area contributed by atoms with Crippen molar-refractivity contribution in [1.82, 2.24) is 15.2 Å². The Kier molecular flexibility index (Phi) is 4.68. The number of benzene rings is 2. The SMILES string of the molecule is Cc1cccc(C)c1NC(=O)CSc1nnc(-c2c[nH]c3ccccc23)o1. The molecule has 2 aromatic heterocycles. The fourth-order valence-corrected chi connectivity index (χ4v) is 3.50. The summed E-state index contributed by atoms with van der Waals surface area (Å²) < 4.78 is 5.72. The van der Waals surface area contributed by atoms with Crippen LogP contribution in [0, 0.1) is 13.8 Å². The molecule has 2 aromatic carbocycles. The summed E-state index contributed by atoms with van der Waals surface area (Å²) in [6.45, 7) is 3.95. The smallest absolute Gasteiger partial charge is 0.277 e. The fraction of sp³-hybridized carbons (Fsp3) is 0.150. The van der Waals surface area contributed by atoms with Crippen LogP contribution >= 0.6 is 11.8 Å². The van der Waals surface area contributed by atoms with Crippen LogP contribution in [-0.2, 0) is 4.79 Å². The molecule has 2 N–H and O–H groups in total. The van der Waals surface area contributed by atoms with Gasteiger partial charge >= 0.3 is 0 Å². The van der Waals surface area contributed by atoms with Crippen molar-refractivity contribution < 1.29 is 9.21 Å². The van der Waals surface area contributed by atoms with E-state index in [4.69, 9.17) is 4.42 Å². The van der Waals surface area contributed by atoms with Crippen LogP contribution in [0.3, 0.4) is 0 Å². The first-order valence-corrected chi connectivity index (χ1v) is 9.49. The summed E-state index contributed by atoms with van der Waals surface area (Å²) >= 11 is 1.22. The monoisotopic (exact) mass is 378 g/mol. The zero-order chi connectivity index (χ0) is 18.8. The van der Waals surface area contributed by atoms with Crippen LogP contribution in [0.2, 0.25) is 0 Å². The Balaban J connectivity index is 1.43. The number of rotatable bonds is 5. The number of hydrogen-bond donors (Lipinski definition) is 2. The highest BCUT2D eigenvalue weighted by atomic mass is 32.2. The van der Waals surface area contributed by atoms with E-state index in [-0.39, 0.29) is 11.7 Å². The molecule has 0 spiro atoms. The molecular weight excluding hydrogens is 360 g/mol. The predicted molar refractivity (Wildman–Crippen MR) is 107 cm³/mol. The van der Waals surface area contributed by atoms with Gasteiger partial charge in [0.25, 0.3) is 11.1 Å². The van der Waals surface area contributed by atoms with E-state index in [9.17, 15) is 4.79 Å². The molecule has 0 unspecified atom stereocenters. The van der Waals surface area contributed by atoms with Gasteiger partial charge in [0.1, 0.15) is 0 Å². The average Bonchev–Trinajstić information content (AvgIpc) is 3.29. The van der Waals surface area contributed by atoms with Gasteiger partial charge in [-0.25, -0.2) is 0 Å². The maximum Gasteiger partial charge on any atom is 0.277 e. The highest BCUT2D eigenvalue weighted by molar-refractivity contribution is 7.99. The Hall–Kier alpha value is -3.06. The molecule has 0 saturated heterocycles. The van der Waals surface area contributed by atoms with Gasteiger partial charge in [0.2, 0.25) is 5.91 Å². The molecule has 6 nitrogen and oxygen atoms in total. The van der Waals surface area contributed by atoms with Crippen molar-refractivity contribution >= 4 is 34.3 Å². The predicted octanol–water partition coefficient (Wildman–Crippen LogP) is 4.57. The van der Waals surface area contributed by atoms with Crippen molar-refractivity contribution in [2.24, 2.45) is 0 Å². The maximum absolute atomic E-state index is 12.3. The van der Waals surface area contributed by atoms with Gasteiger partial charge < -0.3 is 14.7 Å². The number of nitrogens with one attached hydrogen (secondary N) is 2. The van der Waals surface area contributed by atoms with Gasteiger partial charge in [0.05, 0.1) is 11.3 Å². The Bertz CT molecular complexity index is 1100. The first kappa shape index (κ1) is 17.4. The maximum atomic E-state index is 12.3. The average molecular weight is 378 g/mol. The molecule has 0 aliphatic rings. The van der Waals surface area contributed by atoms with Crippen molar-refractivity contribution in [2.75, 3.05) is 11.1 Å². The second-order valence-electron chi connectivity index (χ2n) is 6.22. The van der Waals surface area contributed by atoms with Crippen molar-refractivity contribution in [3.8, 4) is 11.5 Å². The van der Waals surface area contributed by atoms with Crippen molar-refractivity contribution in [3.05, 3.63) is 59.8 Å². The zero-order valence-electron chi connectivity index (χ0n) is 14.9. The highest BCUT2D eigenvalue weighted by Crippen LogP contribution is 2.29. The molecule has 0 aliphatic heterocycles. The number of hydrogen-bond acceptors (Lipinski definition) is 5. The van der Waals surface area contributed by atoms with Gasteiger partial charge in [0.15, 0.2) is 0 Å². The Morgan fingerprint density at radius 2 is 1.89 bits per heavy atom. The summed E-state index contributed by atoms with van der Waals surface area (Å²) in [7, 11) is 0. The number of aromatic amines is 1. The summed E-state index contributed by atoms with van der Waals surface area (Å²) in [6.07, 6.45) is 1.85. The summed E-state index contributed by atoms with van der Waals surface area (Å²) in [5.74, 6) is 0.526. The molecule has 0 fully saturated rings. The number of aromatic nitrogens is 3. The lowest BCUT2D eigenvalue weighted by atomic mass is 10.1. The molecule has 0 saturated carbocycles. The quantitative estimate of drug-likeness (QED) is 0.497. The number of carbonyl (C=O) groups excluding carboxylic acids is 1. The fourth-order valence-electron chi connectivity index (χ4n) is 2.94. The third kappa shape index (κ3) is 3.59. The van der Waals surface area contributed by atoms with Gasteiger partial charge in [-0.3, -0.25) is 4.79 Å². The summed E-state index contributed by atoms with van der Waals surface area (Å²) in [5, 5.41) is 12.5. The third-order valence-corrected chi connectivity index (χ3v) is 5.12. The molecule has 27 heavy (non-hydrogen) atoms. The van der Waals surface area contributed by atoms with Crippen LogP contribution in [0.15, 0.2) is 58.3 Å². The molecule has 136 valence electrons. The lowest BCUT2D eigenvalue weighted by molar-refractivity contribution is -0.113. The molecular formula is C20H18N4O2S. The lowest BCUT2D eigenvalue weighted by Crippen LogP contribution is -2.15. The summed E-state index contributed by atoms with van der Waals surface area (Å²) in [6, 6.07) is 13.8. The second-order valence-corrected chi connectivity index (χ2v) is 7.15. The van der Waals surface area contributed by atoms with E-state index in [1.165, 1.54) is 11.8 Å². The Morgan fingerprint density at radius 1 is 1.11 bits per heavy atom. The molecule has 2 heterocycles. The van der Waals surface area contributed by atoms with Crippen LogP contribution in [0.1, 0.15) is 11.1 Å². The molecule has 0 atom stereocenters. The van der Waals surface area contributed by atoms with E-state index in [2.05, 4.69) is 20.5 Å². The molecule has 7 heteroatoms.